The predicted molar refractivity (Wildman–Crippen MR) is 102 cm³/mol. The van der Waals surface area contributed by atoms with Crippen LogP contribution in [-0.2, 0) is 6.42 Å². The molecule has 5 nitrogen and oxygen atoms in total. The van der Waals surface area contributed by atoms with Crippen molar-refractivity contribution in [2.75, 3.05) is 18.8 Å². The van der Waals surface area contributed by atoms with Crippen LogP contribution in [0.1, 0.15) is 36.9 Å². The van der Waals surface area contributed by atoms with E-state index in [0.717, 1.165) is 49.2 Å². The third-order valence-electron chi connectivity index (χ3n) is 4.22. The fourth-order valence-electron chi connectivity index (χ4n) is 2.94. The minimum Gasteiger partial charge on any atom is -0.507 e. The molecule has 1 aliphatic rings. The smallest absolute Gasteiger partial charge is 0.220 e. The monoisotopic (exact) mass is 370 g/mol. The van der Waals surface area contributed by atoms with Crippen LogP contribution in [0, 0.1) is 0 Å². The summed E-state index contributed by atoms with van der Waals surface area (Å²) in [6.45, 7) is 4.06. The van der Waals surface area contributed by atoms with E-state index in [1.54, 1.807) is 6.07 Å². The van der Waals surface area contributed by atoms with E-state index in [4.69, 9.17) is 5.73 Å². The van der Waals surface area contributed by atoms with E-state index in [-0.39, 0.29) is 36.5 Å². The highest BCUT2D eigenvalue weighted by molar-refractivity contribution is 5.85. The van der Waals surface area contributed by atoms with E-state index in [1.807, 2.05) is 18.2 Å². The molecular formula is C17H24Cl2N4O. The summed E-state index contributed by atoms with van der Waals surface area (Å²) < 4.78 is 0. The second kappa shape index (κ2) is 9.06. The summed E-state index contributed by atoms with van der Waals surface area (Å²) in [7, 11) is 0. The number of phenolic OH excluding ortho intramolecular Hbond substituents is 1. The molecule has 7 heteroatoms. The zero-order chi connectivity index (χ0) is 15.5. The first-order chi connectivity index (χ1) is 10.7. The van der Waals surface area contributed by atoms with Gasteiger partial charge >= 0.3 is 0 Å². The van der Waals surface area contributed by atoms with Crippen molar-refractivity contribution in [1.29, 1.82) is 0 Å². The summed E-state index contributed by atoms with van der Waals surface area (Å²) in [6.07, 6.45) is 3.15. The molecule has 1 fully saturated rings. The highest BCUT2D eigenvalue weighted by Crippen LogP contribution is 2.32. The van der Waals surface area contributed by atoms with E-state index in [2.05, 4.69) is 22.2 Å². The first-order valence-electron chi connectivity index (χ1n) is 7.85. The summed E-state index contributed by atoms with van der Waals surface area (Å²) >= 11 is 0. The van der Waals surface area contributed by atoms with Gasteiger partial charge in [-0.1, -0.05) is 13.0 Å². The lowest BCUT2D eigenvalue weighted by atomic mass is 9.94. The first-order valence-corrected chi connectivity index (χ1v) is 7.85. The maximum absolute atomic E-state index is 10.2. The van der Waals surface area contributed by atoms with Gasteiger partial charge < -0.3 is 16.2 Å². The van der Waals surface area contributed by atoms with Crippen LogP contribution in [0.3, 0.4) is 0 Å². The third kappa shape index (κ3) is 4.50. The van der Waals surface area contributed by atoms with Crippen LogP contribution >= 0.6 is 24.8 Å². The lowest BCUT2D eigenvalue weighted by Gasteiger charge is -2.22. The van der Waals surface area contributed by atoms with Crippen molar-refractivity contribution in [1.82, 2.24) is 15.3 Å². The van der Waals surface area contributed by atoms with Crippen molar-refractivity contribution < 1.29 is 5.11 Å². The summed E-state index contributed by atoms with van der Waals surface area (Å²) in [4.78, 5) is 8.72. The Hall–Kier alpha value is -1.56. The van der Waals surface area contributed by atoms with E-state index < -0.39 is 0 Å². The van der Waals surface area contributed by atoms with Crippen molar-refractivity contribution >= 4 is 30.8 Å². The molecule has 1 atom stereocenters. The number of rotatable bonds is 3. The van der Waals surface area contributed by atoms with Crippen molar-refractivity contribution in [3.63, 3.8) is 0 Å². The largest absolute Gasteiger partial charge is 0.507 e. The van der Waals surface area contributed by atoms with Crippen molar-refractivity contribution in [2.24, 2.45) is 0 Å². The number of benzene rings is 1. The fourth-order valence-corrected chi connectivity index (χ4v) is 2.94. The van der Waals surface area contributed by atoms with Gasteiger partial charge in [0.15, 0.2) is 0 Å². The number of aromatic hydroxyl groups is 1. The molecule has 0 aliphatic carbocycles. The van der Waals surface area contributed by atoms with Crippen LogP contribution in [0.2, 0.25) is 0 Å². The van der Waals surface area contributed by atoms with E-state index in [1.165, 1.54) is 0 Å². The molecule has 2 aromatic rings. The number of hydrogen-bond acceptors (Lipinski definition) is 5. The lowest BCUT2D eigenvalue weighted by Crippen LogP contribution is -2.29. The number of phenols is 1. The lowest BCUT2D eigenvalue weighted by molar-refractivity contribution is 0.454. The Morgan fingerprint density at radius 2 is 2.04 bits per heavy atom. The van der Waals surface area contributed by atoms with Crippen molar-refractivity contribution in [2.45, 2.75) is 32.1 Å². The van der Waals surface area contributed by atoms with E-state index in [9.17, 15) is 5.11 Å². The molecule has 1 aromatic carbocycles. The molecule has 0 amide bonds. The zero-order valence-corrected chi connectivity index (χ0v) is 15.3. The Morgan fingerprint density at radius 3 is 2.71 bits per heavy atom. The standard InChI is InChI=1S/C17H22N4O.2ClH/c1-2-11-5-6-16(22)13(8-11)15-9-14(20-17(18)21-15)12-4-3-7-19-10-12;;/h5-6,8-9,12,19,22H,2-4,7,10H2,1H3,(H2,18,20,21);2*1H. The van der Waals surface area contributed by atoms with Crippen molar-refractivity contribution in [3.8, 4) is 17.0 Å². The van der Waals surface area contributed by atoms with Gasteiger partial charge in [0.25, 0.3) is 0 Å². The average molecular weight is 371 g/mol. The van der Waals surface area contributed by atoms with Crippen LogP contribution in [-0.4, -0.2) is 28.2 Å². The number of aromatic nitrogens is 2. The van der Waals surface area contributed by atoms with Crippen LogP contribution in [0.4, 0.5) is 5.95 Å². The Kier molecular flexibility index (Phi) is 7.73. The average Bonchev–Trinajstić information content (AvgIpc) is 2.55. The summed E-state index contributed by atoms with van der Waals surface area (Å²) in [5.74, 6) is 0.844. The molecule has 0 saturated carbocycles. The van der Waals surface area contributed by atoms with Crippen LogP contribution < -0.4 is 11.1 Å². The highest BCUT2D eigenvalue weighted by atomic mass is 35.5. The fraction of sp³-hybridized carbons (Fsp3) is 0.412. The highest BCUT2D eigenvalue weighted by Gasteiger charge is 2.19. The number of halogens is 2. The Labute approximate surface area is 154 Å². The molecule has 4 N–H and O–H groups in total. The normalized spacial score (nSPS) is 16.8. The Morgan fingerprint density at radius 1 is 1.25 bits per heavy atom. The number of nitrogens with zero attached hydrogens (tertiary/aromatic N) is 2. The maximum atomic E-state index is 10.2. The van der Waals surface area contributed by atoms with Gasteiger partial charge in [0.1, 0.15) is 5.75 Å². The number of hydrogen-bond donors (Lipinski definition) is 3. The second-order valence-electron chi connectivity index (χ2n) is 5.78. The molecule has 0 bridgehead atoms. The number of nitrogens with two attached hydrogens (primary N) is 1. The van der Waals surface area contributed by atoms with Crippen molar-refractivity contribution in [3.05, 3.63) is 35.5 Å². The molecule has 1 saturated heterocycles. The van der Waals surface area contributed by atoms with Crippen LogP contribution in [0.25, 0.3) is 11.3 Å². The molecular weight excluding hydrogens is 347 g/mol. The molecule has 0 spiro atoms. The molecule has 1 aromatic heterocycles. The topological polar surface area (TPSA) is 84.1 Å². The number of aryl methyl sites for hydroxylation is 1. The van der Waals surface area contributed by atoms with Crippen LogP contribution in [0.5, 0.6) is 5.75 Å². The number of nitrogen functional groups attached to an aromatic ring is 1. The van der Waals surface area contributed by atoms with Gasteiger partial charge in [-0.25, -0.2) is 9.97 Å². The number of nitrogens with one attached hydrogen (secondary N) is 1. The first kappa shape index (κ1) is 20.5. The van der Waals surface area contributed by atoms with Gasteiger partial charge in [-0.05, 0) is 49.6 Å². The van der Waals surface area contributed by atoms with Gasteiger partial charge in [0.2, 0.25) is 5.95 Å². The third-order valence-corrected chi connectivity index (χ3v) is 4.22. The molecule has 24 heavy (non-hydrogen) atoms. The van der Waals surface area contributed by atoms with Gasteiger partial charge in [-0.3, -0.25) is 0 Å². The van der Waals surface area contributed by atoms with Gasteiger partial charge in [0.05, 0.1) is 11.4 Å². The molecule has 1 aliphatic heterocycles. The zero-order valence-electron chi connectivity index (χ0n) is 13.7. The van der Waals surface area contributed by atoms with Gasteiger partial charge in [-0.15, -0.1) is 24.8 Å². The summed E-state index contributed by atoms with van der Waals surface area (Å²) in [5.41, 5.74) is 9.43. The molecule has 2 heterocycles. The quantitative estimate of drug-likeness (QED) is 0.771. The Bertz CT molecular complexity index is 676. The van der Waals surface area contributed by atoms with Gasteiger partial charge in [0, 0.05) is 18.0 Å². The predicted octanol–water partition coefficient (Wildman–Crippen LogP) is 3.30. The van der Waals surface area contributed by atoms with Crippen LogP contribution in [0.15, 0.2) is 24.3 Å². The SMILES string of the molecule is CCc1ccc(O)c(-c2cc(C3CCCNC3)nc(N)n2)c1.Cl.Cl. The van der Waals surface area contributed by atoms with E-state index >= 15 is 0 Å². The second-order valence-corrected chi connectivity index (χ2v) is 5.78. The minimum atomic E-state index is 0. The number of piperidine rings is 1. The summed E-state index contributed by atoms with van der Waals surface area (Å²) in [6, 6.07) is 7.58. The molecule has 3 rings (SSSR count). The summed E-state index contributed by atoms with van der Waals surface area (Å²) in [5, 5.41) is 13.6. The molecule has 0 radical (unpaired) electrons. The number of anilines is 1. The maximum Gasteiger partial charge on any atom is 0.220 e. The Balaban J connectivity index is 0.00000144. The molecule has 132 valence electrons. The van der Waals surface area contributed by atoms with Gasteiger partial charge in [-0.2, -0.15) is 0 Å². The minimum absolute atomic E-state index is 0. The molecule has 1 unspecified atom stereocenters. The van der Waals surface area contributed by atoms with E-state index in [0.29, 0.717) is 11.6 Å².